The van der Waals surface area contributed by atoms with Gasteiger partial charge in [-0.2, -0.15) is 0 Å². The fourth-order valence-electron chi connectivity index (χ4n) is 4.16. The summed E-state index contributed by atoms with van der Waals surface area (Å²) in [4.78, 5) is 21.9. The molecule has 0 aliphatic carbocycles. The van der Waals surface area contributed by atoms with Crippen LogP contribution in [0.3, 0.4) is 0 Å². The Kier molecular flexibility index (Phi) is 4.65. The minimum Gasteiger partial charge on any atom is -0.364 e. The first kappa shape index (κ1) is 16.8. The molecule has 25 heavy (non-hydrogen) atoms. The molecule has 4 heterocycles. The molecule has 2 aliphatic heterocycles. The van der Waals surface area contributed by atoms with Crippen molar-refractivity contribution in [3.63, 3.8) is 0 Å². The van der Waals surface area contributed by atoms with Crippen LogP contribution in [0.2, 0.25) is 0 Å². The van der Waals surface area contributed by atoms with E-state index >= 15 is 0 Å². The standard InChI is InChI=1S/C19H26N4OS/c1-3-23(4-2)18-8-14-10-20-16(9-17(14)25-18)19(24)21-15-7-13-5-6-22(11-13)12-15/h8-10,13,15H,3-7,11-12H2,1-2H3,(H,21,24)/t13-,15+/m0/s1. The van der Waals surface area contributed by atoms with Gasteiger partial charge in [0, 0.05) is 48.5 Å². The molecule has 1 N–H and O–H groups in total. The largest absolute Gasteiger partial charge is 0.364 e. The lowest BCUT2D eigenvalue weighted by Crippen LogP contribution is -2.47. The average Bonchev–Trinajstić information content (AvgIpc) is 3.18. The van der Waals surface area contributed by atoms with Gasteiger partial charge in [0.2, 0.25) is 0 Å². The van der Waals surface area contributed by atoms with Gasteiger partial charge in [0.15, 0.2) is 0 Å². The third-order valence-electron chi connectivity index (χ3n) is 5.50. The molecule has 0 saturated carbocycles. The van der Waals surface area contributed by atoms with Crippen molar-refractivity contribution in [2.45, 2.75) is 32.7 Å². The molecule has 0 spiro atoms. The summed E-state index contributed by atoms with van der Waals surface area (Å²) >= 11 is 1.74. The number of rotatable bonds is 5. The second kappa shape index (κ2) is 6.92. The molecule has 2 fully saturated rings. The highest BCUT2D eigenvalue weighted by Gasteiger charge is 2.33. The van der Waals surface area contributed by atoms with E-state index in [1.807, 2.05) is 12.3 Å². The molecule has 1 unspecified atom stereocenters. The van der Waals surface area contributed by atoms with Crippen LogP contribution in [0.5, 0.6) is 0 Å². The molecule has 2 aromatic rings. The lowest BCUT2D eigenvalue weighted by molar-refractivity contribution is 0.0904. The number of anilines is 1. The number of fused-ring (bicyclic) bond motifs is 3. The minimum atomic E-state index is -0.0350. The molecule has 134 valence electrons. The third-order valence-corrected chi connectivity index (χ3v) is 6.66. The zero-order valence-electron chi connectivity index (χ0n) is 15.0. The lowest BCUT2D eigenvalue weighted by Gasteiger charge is -2.30. The van der Waals surface area contributed by atoms with Gasteiger partial charge < -0.3 is 15.1 Å². The van der Waals surface area contributed by atoms with E-state index in [1.165, 1.54) is 24.5 Å². The molecule has 2 aromatic heterocycles. The number of amides is 1. The van der Waals surface area contributed by atoms with Crippen molar-refractivity contribution in [3.05, 3.63) is 24.0 Å². The van der Waals surface area contributed by atoms with E-state index in [1.54, 1.807) is 11.3 Å². The van der Waals surface area contributed by atoms with E-state index in [0.717, 1.165) is 42.1 Å². The number of piperidine rings is 1. The highest BCUT2D eigenvalue weighted by atomic mass is 32.1. The molecule has 1 amide bonds. The highest BCUT2D eigenvalue weighted by molar-refractivity contribution is 7.22. The maximum Gasteiger partial charge on any atom is 0.270 e. The zero-order chi connectivity index (χ0) is 17.4. The Bertz CT molecular complexity index is 758. The number of hydrogen-bond acceptors (Lipinski definition) is 5. The van der Waals surface area contributed by atoms with Crippen LogP contribution in [0, 0.1) is 5.92 Å². The summed E-state index contributed by atoms with van der Waals surface area (Å²) in [5.74, 6) is 0.718. The topological polar surface area (TPSA) is 48.5 Å². The van der Waals surface area contributed by atoms with Crippen LogP contribution in [0.15, 0.2) is 18.3 Å². The van der Waals surface area contributed by atoms with Crippen molar-refractivity contribution in [3.8, 4) is 0 Å². The van der Waals surface area contributed by atoms with E-state index in [4.69, 9.17) is 0 Å². The number of pyridine rings is 1. The smallest absolute Gasteiger partial charge is 0.270 e. The third kappa shape index (κ3) is 3.37. The summed E-state index contributed by atoms with van der Waals surface area (Å²) in [7, 11) is 0. The zero-order valence-corrected chi connectivity index (χ0v) is 15.8. The molecule has 2 aliphatic rings. The number of hydrogen-bond donors (Lipinski definition) is 1. The van der Waals surface area contributed by atoms with E-state index < -0.39 is 0 Å². The van der Waals surface area contributed by atoms with Crippen LogP contribution in [0.4, 0.5) is 5.00 Å². The van der Waals surface area contributed by atoms with E-state index in [9.17, 15) is 4.79 Å². The van der Waals surface area contributed by atoms with Gasteiger partial charge in [-0.3, -0.25) is 9.78 Å². The van der Waals surface area contributed by atoms with Gasteiger partial charge in [0.05, 0.1) is 5.00 Å². The second-order valence-electron chi connectivity index (χ2n) is 7.18. The van der Waals surface area contributed by atoms with Crippen molar-refractivity contribution >= 4 is 32.3 Å². The predicted octanol–water partition coefficient (Wildman–Crippen LogP) is 2.97. The predicted molar refractivity (Wildman–Crippen MR) is 104 cm³/mol. The molecular weight excluding hydrogens is 332 g/mol. The molecule has 4 rings (SSSR count). The van der Waals surface area contributed by atoms with Crippen molar-refractivity contribution in [2.75, 3.05) is 37.6 Å². The van der Waals surface area contributed by atoms with Gasteiger partial charge >= 0.3 is 0 Å². The number of nitrogens with one attached hydrogen (secondary N) is 1. The molecule has 5 nitrogen and oxygen atoms in total. The van der Waals surface area contributed by atoms with E-state index in [2.05, 4.69) is 40.0 Å². The normalized spacial score (nSPS) is 25.3. The van der Waals surface area contributed by atoms with Crippen LogP contribution >= 0.6 is 11.3 Å². The van der Waals surface area contributed by atoms with Gasteiger partial charge in [0.25, 0.3) is 5.91 Å². The SMILES string of the molecule is CCN(CC)c1cc2cnc(C(=O)N[C@@H]3C[C@@H]4CCN(C4)C3)cc2s1. The summed E-state index contributed by atoms with van der Waals surface area (Å²) in [6.07, 6.45) is 4.22. The summed E-state index contributed by atoms with van der Waals surface area (Å²) in [5, 5.41) is 5.57. The van der Waals surface area contributed by atoms with E-state index in [-0.39, 0.29) is 11.9 Å². The number of nitrogens with zero attached hydrogens (tertiary/aromatic N) is 3. The quantitative estimate of drug-likeness (QED) is 0.893. The van der Waals surface area contributed by atoms with Crippen molar-refractivity contribution in [1.82, 2.24) is 15.2 Å². The monoisotopic (exact) mass is 358 g/mol. The Morgan fingerprint density at radius 3 is 2.96 bits per heavy atom. The number of thiophene rings is 1. The van der Waals surface area contributed by atoms with Crippen LogP contribution < -0.4 is 10.2 Å². The van der Waals surface area contributed by atoms with Crippen LogP contribution in [0.1, 0.15) is 37.2 Å². The van der Waals surface area contributed by atoms with Crippen molar-refractivity contribution < 1.29 is 4.79 Å². The highest BCUT2D eigenvalue weighted by Crippen LogP contribution is 2.32. The average molecular weight is 359 g/mol. The molecular formula is C19H26N4OS. The maximum atomic E-state index is 12.6. The van der Waals surface area contributed by atoms with E-state index in [0.29, 0.717) is 5.69 Å². The molecule has 2 bridgehead atoms. The number of carbonyl (C=O) groups excluding carboxylic acids is 1. The first-order valence-corrected chi connectivity index (χ1v) is 10.2. The van der Waals surface area contributed by atoms with Crippen LogP contribution in [-0.4, -0.2) is 54.6 Å². The fraction of sp³-hybridized carbons (Fsp3) is 0.579. The first-order chi connectivity index (χ1) is 12.2. The fourth-order valence-corrected chi connectivity index (χ4v) is 5.36. The Balaban J connectivity index is 1.49. The second-order valence-corrected chi connectivity index (χ2v) is 8.25. The number of aromatic nitrogens is 1. The molecule has 2 saturated heterocycles. The van der Waals surface area contributed by atoms with Crippen LogP contribution in [-0.2, 0) is 0 Å². The summed E-state index contributed by atoms with van der Waals surface area (Å²) in [6, 6.07) is 4.38. The van der Waals surface area contributed by atoms with Crippen LogP contribution in [0.25, 0.3) is 10.1 Å². The summed E-state index contributed by atoms with van der Waals surface area (Å²) < 4.78 is 1.13. The Morgan fingerprint density at radius 1 is 1.36 bits per heavy atom. The maximum absolute atomic E-state index is 12.6. The van der Waals surface area contributed by atoms with Gasteiger partial charge in [0.1, 0.15) is 5.69 Å². The Labute approximate surface area is 153 Å². The molecule has 0 radical (unpaired) electrons. The van der Waals surface area contributed by atoms with Crippen molar-refractivity contribution in [2.24, 2.45) is 5.92 Å². The van der Waals surface area contributed by atoms with Gasteiger partial charge in [-0.1, -0.05) is 0 Å². The van der Waals surface area contributed by atoms with Gasteiger partial charge in [-0.25, -0.2) is 0 Å². The molecule has 3 atom stereocenters. The number of carbonyl (C=O) groups is 1. The molecule has 6 heteroatoms. The minimum absolute atomic E-state index is 0.0350. The lowest BCUT2D eigenvalue weighted by atomic mass is 9.97. The van der Waals surface area contributed by atoms with Gasteiger partial charge in [-0.15, -0.1) is 11.3 Å². The Hall–Kier alpha value is -1.66. The first-order valence-electron chi connectivity index (χ1n) is 9.34. The summed E-state index contributed by atoms with van der Waals surface area (Å²) in [6.45, 7) is 9.68. The van der Waals surface area contributed by atoms with Crippen molar-refractivity contribution in [1.29, 1.82) is 0 Å². The van der Waals surface area contributed by atoms with Gasteiger partial charge in [-0.05, 0) is 51.3 Å². The summed E-state index contributed by atoms with van der Waals surface area (Å²) in [5.41, 5.74) is 0.536. The Morgan fingerprint density at radius 2 is 2.20 bits per heavy atom. The molecule has 0 aromatic carbocycles.